The largest absolute Gasteiger partial charge is 0.461 e. The van der Waals surface area contributed by atoms with Crippen molar-refractivity contribution < 1.29 is 14.3 Å². The molecule has 2 aromatic rings. The summed E-state index contributed by atoms with van der Waals surface area (Å²) < 4.78 is 5.57. The lowest BCUT2D eigenvalue weighted by Crippen LogP contribution is -2.44. The predicted molar refractivity (Wildman–Crippen MR) is 114 cm³/mol. The minimum atomic E-state index is -0.354. The van der Waals surface area contributed by atoms with Crippen LogP contribution in [0.15, 0.2) is 60.7 Å². The second-order valence-electron chi connectivity index (χ2n) is 7.65. The van der Waals surface area contributed by atoms with Gasteiger partial charge in [-0.1, -0.05) is 42.5 Å². The number of nitrogens with one attached hydrogen (secondary N) is 1. The van der Waals surface area contributed by atoms with Crippen LogP contribution in [0.25, 0.3) is 6.08 Å². The van der Waals surface area contributed by atoms with Crippen molar-refractivity contribution in [2.75, 3.05) is 20.2 Å². The molecule has 1 N–H and O–H groups in total. The maximum Gasteiger partial charge on any atom is 0.330 e. The number of rotatable bonds is 7. The Morgan fingerprint density at radius 3 is 2.55 bits per heavy atom. The first kappa shape index (κ1) is 20.8. The van der Waals surface area contributed by atoms with Gasteiger partial charge in [-0.2, -0.15) is 0 Å². The number of carbonyl (C=O) groups is 2. The molecule has 5 nitrogen and oxygen atoms in total. The molecule has 0 spiro atoms. The van der Waals surface area contributed by atoms with Gasteiger partial charge >= 0.3 is 5.97 Å². The predicted octanol–water partition coefficient (Wildman–Crippen LogP) is 3.66. The van der Waals surface area contributed by atoms with Crippen LogP contribution in [-0.2, 0) is 16.1 Å². The maximum atomic E-state index is 12.2. The Hall–Kier alpha value is -2.92. The van der Waals surface area contributed by atoms with E-state index in [1.807, 2.05) is 6.07 Å². The standard InChI is InChI=1S/C24H28N2O3/c1-24(15-6-16-26(24)17-20-7-4-3-5-8-20)18-29-22(27)14-11-19-9-12-21(13-10-19)23(28)25-2/h3-5,7-14H,6,15-18H2,1-2H3,(H,25,28)/b14-11+/t24-/m0/s1. The van der Waals surface area contributed by atoms with E-state index in [4.69, 9.17) is 4.74 Å². The highest BCUT2D eigenvalue weighted by molar-refractivity contribution is 5.94. The Morgan fingerprint density at radius 2 is 1.86 bits per heavy atom. The van der Waals surface area contributed by atoms with Gasteiger partial charge in [0.05, 0.1) is 5.54 Å². The molecule has 0 saturated carbocycles. The molecule has 1 atom stereocenters. The van der Waals surface area contributed by atoms with Gasteiger partial charge < -0.3 is 10.1 Å². The molecule has 2 aromatic carbocycles. The number of hydrogen-bond acceptors (Lipinski definition) is 4. The van der Waals surface area contributed by atoms with Crippen molar-refractivity contribution >= 4 is 18.0 Å². The Bertz CT molecular complexity index is 861. The summed E-state index contributed by atoms with van der Waals surface area (Å²) in [6.07, 6.45) is 5.26. The number of esters is 1. The second-order valence-corrected chi connectivity index (χ2v) is 7.65. The number of carbonyl (C=O) groups excluding carboxylic acids is 2. The minimum absolute atomic E-state index is 0.134. The van der Waals surface area contributed by atoms with E-state index in [2.05, 4.69) is 41.4 Å². The SMILES string of the molecule is CNC(=O)c1ccc(/C=C/C(=O)OC[C@]2(C)CCCN2Cc2ccccc2)cc1. The fraction of sp³-hybridized carbons (Fsp3) is 0.333. The molecule has 152 valence electrons. The molecule has 0 aromatic heterocycles. The van der Waals surface area contributed by atoms with Crippen LogP contribution < -0.4 is 5.32 Å². The molecule has 1 saturated heterocycles. The summed E-state index contributed by atoms with van der Waals surface area (Å²) in [6, 6.07) is 17.4. The third-order valence-electron chi connectivity index (χ3n) is 5.46. The Morgan fingerprint density at radius 1 is 1.14 bits per heavy atom. The lowest BCUT2D eigenvalue weighted by atomic mass is 9.99. The zero-order valence-electron chi connectivity index (χ0n) is 17.1. The second kappa shape index (κ2) is 9.52. The fourth-order valence-electron chi connectivity index (χ4n) is 3.64. The van der Waals surface area contributed by atoms with Crippen LogP contribution in [0.4, 0.5) is 0 Å². The van der Waals surface area contributed by atoms with Crippen LogP contribution in [0.2, 0.25) is 0 Å². The van der Waals surface area contributed by atoms with Gasteiger partial charge in [-0.15, -0.1) is 0 Å². The van der Waals surface area contributed by atoms with Crippen molar-refractivity contribution in [3.63, 3.8) is 0 Å². The fourth-order valence-corrected chi connectivity index (χ4v) is 3.64. The van der Waals surface area contributed by atoms with Gasteiger partial charge in [0.2, 0.25) is 0 Å². The van der Waals surface area contributed by atoms with Crippen molar-refractivity contribution in [1.82, 2.24) is 10.2 Å². The zero-order valence-corrected chi connectivity index (χ0v) is 17.1. The van der Waals surface area contributed by atoms with Crippen LogP contribution in [0.3, 0.4) is 0 Å². The molecule has 1 aliphatic heterocycles. The molecular formula is C24H28N2O3. The van der Waals surface area contributed by atoms with Crippen molar-refractivity contribution in [2.24, 2.45) is 0 Å². The monoisotopic (exact) mass is 392 g/mol. The third-order valence-corrected chi connectivity index (χ3v) is 5.46. The number of likely N-dealkylation sites (tertiary alicyclic amines) is 1. The van der Waals surface area contributed by atoms with Gasteiger partial charge in [-0.05, 0) is 55.6 Å². The third kappa shape index (κ3) is 5.55. The number of hydrogen-bond donors (Lipinski definition) is 1. The molecule has 1 heterocycles. The van der Waals surface area contributed by atoms with Crippen molar-refractivity contribution in [3.8, 4) is 0 Å². The van der Waals surface area contributed by atoms with Gasteiger partial charge in [-0.25, -0.2) is 4.79 Å². The van der Waals surface area contributed by atoms with E-state index in [1.54, 1.807) is 37.4 Å². The smallest absolute Gasteiger partial charge is 0.330 e. The van der Waals surface area contributed by atoms with Crippen LogP contribution in [0, 0.1) is 0 Å². The van der Waals surface area contributed by atoms with E-state index < -0.39 is 0 Å². The van der Waals surface area contributed by atoms with Gasteiger partial charge in [0.15, 0.2) is 0 Å². The van der Waals surface area contributed by atoms with Crippen molar-refractivity contribution in [2.45, 2.75) is 31.8 Å². The summed E-state index contributed by atoms with van der Waals surface area (Å²) in [4.78, 5) is 26.2. The highest BCUT2D eigenvalue weighted by Crippen LogP contribution is 2.30. The average molecular weight is 392 g/mol. The Labute approximate surface area is 172 Å². The number of benzene rings is 2. The van der Waals surface area contributed by atoms with E-state index in [1.165, 1.54) is 11.6 Å². The zero-order chi connectivity index (χ0) is 20.7. The summed E-state index contributed by atoms with van der Waals surface area (Å²) in [5.74, 6) is -0.488. The van der Waals surface area contributed by atoms with Crippen LogP contribution >= 0.6 is 0 Å². The van der Waals surface area contributed by atoms with E-state index in [0.29, 0.717) is 12.2 Å². The molecular weight excluding hydrogens is 364 g/mol. The van der Waals surface area contributed by atoms with Crippen LogP contribution in [0.1, 0.15) is 41.3 Å². The first-order chi connectivity index (χ1) is 14.0. The highest BCUT2D eigenvalue weighted by Gasteiger charge is 2.37. The number of amides is 1. The van der Waals surface area contributed by atoms with Gasteiger partial charge in [-0.3, -0.25) is 9.69 Å². The molecule has 0 radical (unpaired) electrons. The van der Waals surface area contributed by atoms with Crippen molar-refractivity contribution in [1.29, 1.82) is 0 Å². The van der Waals surface area contributed by atoms with Crippen molar-refractivity contribution in [3.05, 3.63) is 77.4 Å². The number of nitrogens with zero attached hydrogens (tertiary/aromatic N) is 1. The van der Waals surface area contributed by atoms with Crippen LogP contribution in [-0.4, -0.2) is 42.5 Å². The maximum absolute atomic E-state index is 12.2. The lowest BCUT2D eigenvalue weighted by molar-refractivity contribution is -0.141. The normalized spacial score (nSPS) is 19.4. The first-order valence-corrected chi connectivity index (χ1v) is 9.96. The van der Waals surface area contributed by atoms with Gasteiger partial charge in [0.1, 0.15) is 6.61 Å². The molecule has 5 heteroatoms. The Kier molecular flexibility index (Phi) is 6.83. The summed E-state index contributed by atoms with van der Waals surface area (Å²) in [6.45, 7) is 4.41. The van der Waals surface area contributed by atoms with Gasteiger partial charge in [0.25, 0.3) is 5.91 Å². The van der Waals surface area contributed by atoms with Gasteiger partial charge in [0, 0.05) is 25.2 Å². The quantitative estimate of drug-likeness (QED) is 0.577. The molecule has 1 fully saturated rings. The summed E-state index contributed by atoms with van der Waals surface area (Å²) >= 11 is 0. The molecule has 29 heavy (non-hydrogen) atoms. The number of ether oxygens (including phenoxy) is 1. The summed E-state index contributed by atoms with van der Waals surface area (Å²) in [5.41, 5.74) is 2.55. The lowest BCUT2D eigenvalue weighted by Gasteiger charge is -2.34. The highest BCUT2D eigenvalue weighted by atomic mass is 16.5. The van der Waals surface area contributed by atoms with E-state index in [0.717, 1.165) is 31.5 Å². The van der Waals surface area contributed by atoms with E-state index in [9.17, 15) is 9.59 Å². The minimum Gasteiger partial charge on any atom is -0.461 e. The van der Waals surface area contributed by atoms with E-state index >= 15 is 0 Å². The average Bonchev–Trinajstić information content (AvgIpc) is 3.11. The molecule has 0 bridgehead atoms. The molecule has 0 unspecified atom stereocenters. The van der Waals surface area contributed by atoms with E-state index in [-0.39, 0.29) is 17.4 Å². The molecule has 3 rings (SSSR count). The Balaban J connectivity index is 1.53. The topological polar surface area (TPSA) is 58.6 Å². The molecule has 1 aliphatic rings. The molecule has 1 amide bonds. The summed E-state index contributed by atoms with van der Waals surface area (Å²) in [7, 11) is 1.60. The first-order valence-electron chi connectivity index (χ1n) is 9.96. The van der Waals surface area contributed by atoms with Crippen LogP contribution in [0.5, 0.6) is 0 Å². The summed E-state index contributed by atoms with van der Waals surface area (Å²) in [5, 5.41) is 2.58. The molecule has 0 aliphatic carbocycles.